The summed E-state index contributed by atoms with van der Waals surface area (Å²) in [4.78, 5) is 19.2. The number of benzene rings is 1. The van der Waals surface area contributed by atoms with Crippen molar-refractivity contribution in [3.05, 3.63) is 35.7 Å². The smallest absolute Gasteiger partial charge is 0.248 e. The fraction of sp³-hybridized carbons (Fsp3) is 0.458. The van der Waals surface area contributed by atoms with Crippen molar-refractivity contribution in [2.75, 3.05) is 19.6 Å². The van der Waals surface area contributed by atoms with Gasteiger partial charge in [-0.3, -0.25) is 24.2 Å². The number of hydrogen-bond donors (Lipinski definition) is 2. The number of nitrogens with one attached hydrogen (secondary N) is 1. The first-order valence-corrected chi connectivity index (χ1v) is 12.0. The minimum Gasteiger partial charge on any atom is -0.373 e. The van der Waals surface area contributed by atoms with Gasteiger partial charge in [0.15, 0.2) is 11.6 Å². The van der Waals surface area contributed by atoms with E-state index < -0.39 is 5.91 Å². The van der Waals surface area contributed by atoms with Crippen LogP contribution in [0, 0.1) is 6.92 Å². The van der Waals surface area contributed by atoms with Gasteiger partial charge in [0.1, 0.15) is 5.69 Å². The predicted molar refractivity (Wildman–Crippen MR) is 132 cm³/mol. The average Bonchev–Trinajstić information content (AvgIpc) is 3.53. The zero-order chi connectivity index (χ0) is 24.7. The Morgan fingerprint density at radius 1 is 1.17 bits per heavy atom. The van der Waals surface area contributed by atoms with Crippen LogP contribution < -0.4 is 5.73 Å². The monoisotopic (exact) mass is 477 g/mol. The molecule has 0 radical (unpaired) electrons. The Hall–Kier alpha value is -3.57. The Bertz CT molecular complexity index is 1360. The molecule has 0 saturated carbocycles. The summed E-state index contributed by atoms with van der Waals surface area (Å²) in [5.41, 5.74) is 9.15. The first kappa shape index (κ1) is 23.2. The minimum atomic E-state index is -0.515. The van der Waals surface area contributed by atoms with E-state index in [0.717, 1.165) is 48.5 Å². The molecule has 5 rings (SSSR count). The average molecular weight is 478 g/mol. The van der Waals surface area contributed by atoms with Gasteiger partial charge < -0.3 is 10.5 Å². The highest BCUT2D eigenvalue weighted by molar-refractivity contribution is 6.02. The third kappa shape index (κ3) is 4.69. The maximum atomic E-state index is 12.1. The summed E-state index contributed by atoms with van der Waals surface area (Å²) >= 11 is 0. The van der Waals surface area contributed by atoms with Crippen LogP contribution in [0.25, 0.3) is 33.8 Å². The molecule has 1 aromatic carbocycles. The van der Waals surface area contributed by atoms with Crippen molar-refractivity contribution < 1.29 is 9.53 Å². The number of rotatable bonds is 7. The number of H-pyrrole nitrogens is 1. The van der Waals surface area contributed by atoms with Crippen LogP contribution in [0.1, 0.15) is 36.8 Å². The molecule has 1 aliphatic heterocycles. The van der Waals surface area contributed by atoms with Crippen LogP contribution in [-0.4, -0.2) is 77.4 Å². The van der Waals surface area contributed by atoms with Crippen molar-refractivity contribution in [2.24, 2.45) is 5.73 Å². The van der Waals surface area contributed by atoms with E-state index in [4.69, 9.17) is 20.6 Å². The molecule has 2 atom stereocenters. The summed E-state index contributed by atoms with van der Waals surface area (Å²) in [6, 6.07) is 5.43. The highest BCUT2D eigenvalue weighted by atomic mass is 16.5. The Labute approximate surface area is 203 Å². The van der Waals surface area contributed by atoms with Gasteiger partial charge in [-0.25, -0.2) is 4.98 Å². The second-order valence-electron chi connectivity index (χ2n) is 9.22. The summed E-state index contributed by atoms with van der Waals surface area (Å²) < 4.78 is 9.61. The molecular weight excluding hydrogens is 446 g/mol. The highest BCUT2D eigenvalue weighted by Gasteiger charge is 2.22. The van der Waals surface area contributed by atoms with Crippen LogP contribution in [0.3, 0.4) is 0 Å². The van der Waals surface area contributed by atoms with Gasteiger partial charge in [-0.05, 0) is 45.9 Å². The zero-order valence-corrected chi connectivity index (χ0v) is 20.5. The molecule has 0 bridgehead atoms. The standard InChI is InChI=1S/C24H31N9O2/c1-5-33-21(8-14(2)29-33)24-26-23(27-28-24)18-9-17(22(25)34)10-20-19(18)13-32(30-20)7-6-31-11-15(3)35-16(4)12-31/h8-10,13,15-16H,5-7,11-12H2,1-4H3,(H2,25,34)(H,26,27,28)/t15-,16+. The van der Waals surface area contributed by atoms with Gasteiger partial charge in [0.05, 0.1) is 30.0 Å². The lowest BCUT2D eigenvalue weighted by molar-refractivity contribution is -0.0687. The quantitative estimate of drug-likeness (QED) is 0.417. The molecule has 3 N–H and O–H groups in total. The van der Waals surface area contributed by atoms with Crippen molar-refractivity contribution in [1.82, 2.24) is 39.6 Å². The molecule has 1 fully saturated rings. The van der Waals surface area contributed by atoms with Gasteiger partial charge in [-0.2, -0.15) is 15.3 Å². The number of carbonyl (C=O) groups excluding carboxylic acids is 1. The van der Waals surface area contributed by atoms with Gasteiger partial charge >= 0.3 is 0 Å². The molecule has 4 heterocycles. The summed E-state index contributed by atoms with van der Waals surface area (Å²) in [7, 11) is 0. The second kappa shape index (κ2) is 9.23. The molecular formula is C24H31N9O2. The number of hydrogen-bond acceptors (Lipinski definition) is 7. The number of nitrogens with two attached hydrogens (primary N) is 1. The topological polar surface area (TPSA) is 133 Å². The SMILES string of the molecule is CCn1nc(C)cc1-c1n[nH]c(-c2cc(C(N)=O)cc3nn(CCN4C[C@@H](C)O[C@@H](C)C4)cc23)n1. The molecule has 1 aliphatic rings. The first-order chi connectivity index (χ1) is 16.8. The first-order valence-electron chi connectivity index (χ1n) is 12.0. The van der Waals surface area contributed by atoms with E-state index in [1.165, 1.54) is 0 Å². The van der Waals surface area contributed by atoms with Crippen molar-refractivity contribution >= 4 is 16.8 Å². The van der Waals surface area contributed by atoms with Gasteiger partial charge in [-0.15, -0.1) is 0 Å². The second-order valence-corrected chi connectivity index (χ2v) is 9.22. The van der Waals surface area contributed by atoms with Crippen molar-refractivity contribution in [3.8, 4) is 22.9 Å². The number of morpholine rings is 1. The van der Waals surface area contributed by atoms with E-state index in [0.29, 0.717) is 29.3 Å². The van der Waals surface area contributed by atoms with E-state index in [2.05, 4.69) is 34.0 Å². The molecule has 11 nitrogen and oxygen atoms in total. The van der Waals surface area contributed by atoms with Gasteiger partial charge in [0.2, 0.25) is 5.91 Å². The molecule has 0 spiro atoms. The van der Waals surface area contributed by atoms with E-state index in [1.807, 2.05) is 35.5 Å². The maximum Gasteiger partial charge on any atom is 0.248 e. The Morgan fingerprint density at radius 2 is 1.94 bits per heavy atom. The van der Waals surface area contributed by atoms with Crippen LogP contribution in [-0.2, 0) is 17.8 Å². The van der Waals surface area contributed by atoms with Crippen molar-refractivity contribution in [1.29, 1.82) is 0 Å². The van der Waals surface area contributed by atoms with Gasteiger partial charge in [0, 0.05) is 48.9 Å². The fourth-order valence-electron chi connectivity index (χ4n) is 4.80. The third-order valence-electron chi connectivity index (χ3n) is 6.27. The third-order valence-corrected chi connectivity index (χ3v) is 6.27. The maximum absolute atomic E-state index is 12.1. The number of aromatic nitrogens is 7. The number of primary amides is 1. The molecule has 11 heteroatoms. The molecule has 0 aliphatic carbocycles. The van der Waals surface area contributed by atoms with Crippen molar-refractivity contribution in [2.45, 2.75) is 53.0 Å². The molecule has 184 valence electrons. The summed E-state index contributed by atoms with van der Waals surface area (Å²) in [6.45, 7) is 12.3. The lowest BCUT2D eigenvalue weighted by Gasteiger charge is -2.35. The molecule has 4 aromatic rings. The number of fused-ring (bicyclic) bond motifs is 1. The number of ether oxygens (including phenoxy) is 1. The summed E-state index contributed by atoms with van der Waals surface area (Å²) in [5, 5.41) is 17.5. The van der Waals surface area contributed by atoms with Crippen molar-refractivity contribution in [3.63, 3.8) is 0 Å². The molecule has 0 unspecified atom stereocenters. The Kier molecular flexibility index (Phi) is 6.12. The van der Waals surface area contributed by atoms with Crippen LogP contribution in [0.4, 0.5) is 0 Å². The number of amides is 1. The van der Waals surface area contributed by atoms with Crippen LogP contribution in [0.15, 0.2) is 24.4 Å². The number of carbonyl (C=O) groups is 1. The van der Waals surface area contributed by atoms with Crippen LogP contribution >= 0.6 is 0 Å². The normalized spacial score (nSPS) is 19.0. The number of nitrogens with zero attached hydrogens (tertiary/aromatic N) is 7. The molecule has 35 heavy (non-hydrogen) atoms. The zero-order valence-electron chi connectivity index (χ0n) is 20.5. The highest BCUT2D eigenvalue weighted by Crippen LogP contribution is 2.29. The van der Waals surface area contributed by atoms with Gasteiger partial charge in [0.25, 0.3) is 0 Å². The fourth-order valence-corrected chi connectivity index (χ4v) is 4.80. The molecule has 1 saturated heterocycles. The van der Waals surface area contributed by atoms with E-state index in [-0.39, 0.29) is 12.2 Å². The Balaban J connectivity index is 1.47. The predicted octanol–water partition coefficient (Wildman–Crippen LogP) is 2.22. The van der Waals surface area contributed by atoms with E-state index in [9.17, 15) is 4.79 Å². The number of aryl methyl sites for hydroxylation is 2. The van der Waals surface area contributed by atoms with Crippen LogP contribution in [0.5, 0.6) is 0 Å². The van der Waals surface area contributed by atoms with E-state index >= 15 is 0 Å². The molecule has 1 amide bonds. The largest absolute Gasteiger partial charge is 0.373 e. The number of aromatic amines is 1. The lowest BCUT2D eigenvalue weighted by Crippen LogP contribution is -2.46. The minimum absolute atomic E-state index is 0.216. The summed E-state index contributed by atoms with van der Waals surface area (Å²) in [5.74, 6) is 0.575. The Morgan fingerprint density at radius 3 is 2.66 bits per heavy atom. The summed E-state index contributed by atoms with van der Waals surface area (Å²) in [6.07, 6.45) is 2.42. The van der Waals surface area contributed by atoms with Gasteiger partial charge in [-0.1, -0.05) is 0 Å². The lowest BCUT2D eigenvalue weighted by atomic mass is 10.1. The molecule has 3 aromatic heterocycles. The van der Waals surface area contributed by atoms with E-state index in [1.54, 1.807) is 12.1 Å². The van der Waals surface area contributed by atoms with Crippen LogP contribution in [0.2, 0.25) is 0 Å².